The highest BCUT2D eigenvalue weighted by molar-refractivity contribution is 6.32. The van der Waals surface area contributed by atoms with Gasteiger partial charge in [-0.05, 0) is 118 Å². The van der Waals surface area contributed by atoms with Gasteiger partial charge in [0.05, 0.1) is 12.1 Å². The average Bonchev–Trinajstić information content (AvgIpc) is 4.06. The fraction of sp³-hybridized carbons (Fsp3) is 0.170. The molecule has 0 amide bonds. The summed E-state index contributed by atoms with van der Waals surface area (Å²) in [6.45, 7) is 0.947. The number of benzene rings is 4. The van der Waals surface area contributed by atoms with E-state index in [0.717, 1.165) is 88.8 Å². The van der Waals surface area contributed by atoms with Crippen molar-refractivity contribution >= 4 is 50.8 Å². The van der Waals surface area contributed by atoms with Gasteiger partial charge in [-0.3, -0.25) is 25.4 Å². The third-order valence-electron chi connectivity index (χ3n) is 11.8. The minimum atomic E-state index is -0.611. The van der Waals surface area contributed by atoms with Crippen molar-refractivity contribution in [1.29, 1.82) is 0 Å². The summed E-state index contributed by atoms with van der Waals surface area (Å²) in [5, 5.41) is 10.4. The second-order valence-corrected chi connectivity index (χ2v) is 16.2. The summed E-state index contributed by atoms with van der Waals surface area (Å²) in [6.07, 6.45) is 8.62. The second-order valence-electron chi connectivity index (χ2n) is 15.4. The number of nitrogens with zero attached hydrogens (tertiary/aromatic N) is 2. The second kappa shape index (κ2) is 14.9. The number of nitrogens with two attached hydrogens (primary N) is 2. The van der Waals surface area contributed by atoms with Crippen LogP contribution in [0.5, 0.6) is 0 Å². The Morgan fingerprint density at radius 3 is 1.53 bits per heavy atom. The average molecular weight is 804 g/mol. The maximum atomic E-state index is 15.0. The quantitative estimate of drug-likeness (QED) is 0.0808. The number of fused-ring (bicyclic) bond motifs is 4. The van der Waals surface area contributed by atoms with Crippen LogP contribution in [0.4, 0.5) is 0 Å². The molecular weight excluding hydrogens is 763 g/mol. The Morgan fingerprint density at radius 2 is 1.10 bits per heavy atom. The largest absolute Gasteiger partial charge is 0.355 e. The summed E-state index contributed by atoms with van der Waals surface area (Å²) < 4.78 is 0. The van der Waals surface area contributed by atoms with Crippen LogP contribution in [0, 0.1) is 0 Å². The maximum Gasteiger partial charge on any atom is 0.175 e. The van der Waals surface area contributed by atoms with Crippen molar-refractivity contribution in [3.63, 3.8) is 0 Å². The molecule has 11 heteroatoms. The van der Waals surface area contributed by atoms with Gasteiger partial charge >= 0.3 is 0 Å². The Bertz CT molecular complexity index is 2660. The lowest BCUT2D eigenvalue weighted by Gasteiger charge is -2.21. The van der Waals surface area contributed by atoms with Gasteiger partial charge in [0.25, 0.3) is 0 Å². The minimum Gasteiger partial charge on any atom is -0.355 e. The molecule has 0 bridgehead atoms. The van der Waals surface area contributed by atoms with E-state index in [4.69, 9.17) is 34.7 Å². The Kier molecular flexibility index (Phi) is 9.45. The molecule has 4 aromatic heterocycles. The van der Waals surface area contributed by atoms with Crippen molar-refractivity contribution in [3.05, 3.63) is 176 Å². The molecule has 288 valence electrons. The predicted molar refractivity (Wildman–Crippen MR) is 231 cm³/mol. The Morgan fingerprint density at radius 1 is 0.638 bits per heavy atom. The van der Waals surface area contributed by atoms with Crippen molar-refractivity contribution in [3.8, 4) is 22.5 Å². The van der Waals surface area contributed by atoms with Gasteiger partial charge in [-0.15, -0.1) is 0 Å². The van der Waals surface area contributed by atoms with Crippen molar-refractivity contribution in [2.24, 2.45) is 11.5 Å². The molecular formula is C47H40Cl2N8O. The van der Waals surface area contributed by atoms with Gasteiger partial charge in [0.15, 0.2) is 5.78 Å². The van der Waals surface area contributed by atoms with Gasteiger partial charge in [0.1, 0.15) is 0 Å². The van der Waals surface area contributed by atoms with Gasteiger partial charge in [0, 0.05) is 104 Å². The summed E-state index contributed by atoms with van der Waals surface area (Å²) in [6, 6.07) is 31.0. The first-order valence-electron chi connectivity index (χ1n) is 19.5. The van der Waals surface area contributed by atoms with E-state index in [2.05, 4.69) is 79.1 Å². The number of pyridine rings is 2. The van der Waals surface area contributed by atoms with Gasteiger partial charge in [0.2, 0.25) is 0 Å². The Labute approximate surface area is 345 Å². The highest BCUT2D eigenvalue weighted by atomic mass is 35.5. The van der Waals surface area contributed by atoms with Crippen molar-refractivity contribution in [2.75, 3.05) is 0 Å². The molecule has 2 aliphatic heterocycles. The Hall–Kier alpha value is -5.65. The van der Waals surface area contributed by atoms with Crippen LogP contribution in [-0.2, 0) is 30.7 Å². The normalized spacial score (nSPS) is 17.1. The standard InChI is InChI=1S/C47H40Cl2N8O/c48-35-9-7-31(41-19-29-17-27(5-11-39(29)56-41)37(50)15-25-3-1-13-52-21-25)43-33(35)23-54-45(43)47(58)46-44-32(8-10-36(49)34(44)24-55-46)42-20-30-18-28(6-12-40(30)57-42)38(51)16-26-4-2-14-53-22-26/h1-14,17-22,37-38,45-46,54-57H,15-16,23-24,50-51H2. The highest BCUT2D eigenvalue weighted by Crippen LogP contribution is 2.45. The SMILES string of the molecule is NC(Cc1cccnc1)c1ccc2[nH]c(-c3ccc(Cl)c4c3C(C(=O)C3NCc5c(Cl)ccc(-c6cc7cc(C(N)Cc8cccnc8)ccc7[nH]6)c53)NC4)cc2c1. The van der Waals surface area contributed by atoms with Crippen molar-refractivity contribution < 1.29 is 4.79 Å². The van der Waals surface area contributed by atoms with E-state index in [-0.39, 0.29) is 17.9 Å². The van der Waals surface area contributed by atoms with E-state index in [1.165, 1.54) is 0 Å². The lowest BCUT2D eigenvalue weighted by atomic mass is 9.87. The molecule has 2 aliphatic rings. The van der Waals surface area contributed by atoms with Gasteiger partial charge < -0.3 is 21.4 Å². The number of hydrogen-bond acceptors (Lipinski definition) is 7. The Balaban J connectivity index is 0.966. The van der Waals surface area contributed by atoms with Crippen LogP contribution in [0.1, 0.15) is 68.7 Å². The monoisotopic (exact) mass is 802 g/mol. The van der Waals surface area contributed by atoms with Crippen molar-refractivity contribution in [2.45, 2.75) is 50.1 Å². The summed E-state index contributed by atoms with van der Waals surface area (Å²) in [5.74, 6) is 0.00378. The first-order chi connectivity index (χ1) is 28.3. The molecule has 0 saturated carbocycles. The number of Topliss-reactive ketones (excluding diaryl/α,β-unsaturated/α-hetero) is 1. The number of hydrogen-bond donors (Lipinski definition) is 6. The van der Waals surface area contributed by atoms with E-state index in [1.807, 2.05) is 60.9 Å². The van der Waals surface area contributed by atoms with Crippen LogP contribution < -0.4 is 22.1 Å². The lowest BCUT2D eigenvalue weighted by Crippen LogP contribution is -2.32. The molecule has 4 unspecified atom stereocenters. The fourth-order valence-electron chi connectivity index (χ4n) is 8.86. The van der Waals surface area contributed by atoms with Crippen LogP contribution in [-0.4, -0.2) is 25.7 Å². The fourth-order valence-corrected chi connectivity index (χ4v) is 9.33. The smallest absolute Gasteiger partial charge is 0.175 e. The number of halogens is 2. The molecule has 8 N–H and O–H groups in total. The molecule has 0 spiro atoms. The molecule has 4 atom stereocenters. The highest BCUT2D eigenvalue weighted by Gasteiger charge is 2.41. The molecule has 0 aliphatic carbocycles. The third kappa shape index (κ3) is 6.60. The summed E-state index contributed by atoms with van der Waals surface area (Å²) in [5.41, 5.74) is 26.9. The third-order valence-corrected chi connectivity index (χ3v) is 12.5. The first kappa shape index (κ1) is 36.7. The van der Waals surface area contributed by atoms with E-state index in [0.29, 0.717) is 36.0 Å². The van der Waals surface area contributed by atoms with Crippen LogP contribution >= 0.6 is 23.2 Å². The topological polar surface area (TPSA) is 151 Å². The van der Waals surface area contributed by atoms with E-state index in [1.54, 1.807) is 12.4 Å². The number of aromatic nitrogens is 4. The van der Waals surface area contributed by atoms with Gasteiger partial charge in [-0.2, -0.15) is 0 Å². The molecule has 58 heavy (non-hydrogen) atoms. The zero-order valence-corrected chi connectivity index (χ0v) is 32.9. The summed E-state index contributed by atoms with van der Waals surface area (Å²) in [7, 11) is 0. The van der Waals surface area contributed by atoms with E-state index in [9.17, 15) is 4.79 Å². The van der Waals surface area contributed by atoms with Crippen LogP contribution in [0.25, 0.3) is 44.3 Å². The molecule has 10 rings (SSSR count). The van der Waals surface area contributed by atoms with Gasteiger partial charge in [-0.25, -0.2) is 0 Å². The molecule has 0 fully saturated rings. The molecule has 9 nitrogen and oxygen atoms in total. The number of H-pyrrole nitrogens is 2. The minimum absolute atomic E-state index is 0.00378. The predicted octanol–water partition coefficient (Wildman–Crippen LogP) is 9.12. The molecule has 4 aromatic carbocycles. The molecule has 0 saturated heterocycles. The number of ketones is 1. The first-order valence-corrected chi connectivity index (χ1v) is 20.2. The van der Waals surface area contributed by atoms with Crippen LogP contribution in [0.3, 0.4) is 0 Å². The molecule has 6 heterocycles. The number of aromatic amines is 2. The number of nitrogens with one attached hydrogen (secondary N) is 4. The van der Waals surface area contributed by atoms with Gasteiger partial charge in [-0.1, -0.05) is 59.6 Å². The van der Waals surface area contributed by atoms with Crippen LogP contribution in [0.2, 0.25) is 10.0 Å². The summed E-state index contributed by atoms with van der Waals surface area (Å²) >= 11 is 13.7. The molecule has 8 aromatic rings. The van der Waals surface area contributed by atoms with E-state index >= 15 is 0 Å². The van der Waals surface area contributed by atoms with Crippen LogP contribution in [0.15, 0.2) is 122 Å². The maximum absolute atomic E-state index is 15.0. The molecule has 0 radical (unpaired) electrons. The number of carbonyl (C=O) groups excluding carboxylic acids is 1. The number of carbonyl (C=O) groups is 1. The zero-order valence-electron chi connectivity index (χ0n) is 31.4. The number of rotatable bonds is 10. The van der Waals surface area contributed by atoms with Crippen molar-refractivity contribution in [1.82, 2.24) is 30.6 Å². The lowest BCUT2D eigenvalue weighted by molar-refractivity contribution is -0.123. The van der Waals surface area contributed by atoms with E-state index < -0.39 is 12.1 Å². The summed E-state index contributed by atoms with van der Waals surface area (Å²) in [4.78, 5) is 30.7. The zero-order chi connectivity index (χ0) is 39.5.